The lowest BCUT2D eigenvalue weighted by Crippen LogP contribution is -2.39. The van der Waals surface area contributed by atoms with Gasteiger partial charge in [-0.1, -0.05) is 19.2 Å². The summed E-state index contributed by atoms with van der Waals surface area (Å²) in [6.07, 6.45) is 0.205. The molecule has 16 nitrogen and oxygen atoms in total. The number of imidazole rings is 1. The molecule has 5 rings (SSSR count). The molecule has 0 spiro atoms. The van der Waals surface area contributed by atoms with Gasteiger partial charge in [0.05, 0.1) is 19.5 Å². The number of aliphatic hydroxyl groups is 1. The third-order valence-electron chi connectivity index (χ3n) is 7.68. The number of aromatic nitrogens is 5. The van der Waals surface area contributed by atoms with E-state index in [0.29, 0.717) is 29.0 Å². The van der Waals surface area contributed by atoms with Crippen molar-refractivity contribution in [1.82, 2.24) is 24.5 Å². The van der Waals surface area contributed by atoms with E-state index >= 15 is 0 Å². The molecule has 2 fully saturated rings. The highest BCUT2D eigenvalue weighted by Gasteiger charge is 2.49. The first kappa shape index (κ1) is 32.3. The first-order chi connectivity index (χ1) is 20.3. The fourth-order valence-corrected chi connectivity index (χ4v) is 7.30. The summed E-state index contributed by atoms with van der Waals surface area (Å²) in [5.41, 5.74) is 12.7. The third kappa shape index (κ3) is 6.94. The molecule has 0 aromatic carbocycles. The van der Waals surface area contributed by atoms with Crippen LogP contribution in [0.15, 0.2) is 31.0 Å². The van der Waals surface area contributed by atoms with Gasteiger partial charge in [-0.3, -0.25) is 14.3 Å². The van der Waals surface area contributed by atoms with E-state index < -0.39 is 43.8 Å². The number of anilines is 1. The van der Waals surface area contributed by atoms with Crippen LogP contribution in [0, 0.1) is 11.8 Å². The molecule has 4 heterocycles. The van der Waals surface area contributed by atoms with Crippen molar-refractivity contribution in [2.24, 2.45) is 17.6 Å². The maximum Gasteiger partial charge on any atom is 0.386 e. The molecule has 1 aliphatic heterocycles. The Labute approximate surface area is 256 Å². The summed E-state index contributed by atoms with van der Waals surface area (Å²) in [4.78, 5) is 38.2. The van der Waals surface area contributed by atoms with Crippen LogP contribution in [0.2, 0.25) is 0 Å². The minimum atomic E-state index is -4.07. The quantitative estimate of drug-likeness (QED) is 0.136. The summed E-state index contributed by atoms with van der Waals surface area (Å²) in [5, 5.41) is 11.1. The number of hydrogen-bond donors (Lipinski definition) is 5. The summed E-state index contributed by atoms with van der Waals surface area (Å²) < 4.78 is 42.8. The van der Waals surface area contributed by atoms with Gasteiger partial charge in [0.1, 0.15) is 42.0 Å². The number of fused-ring (bicyclic) bond motifs is 1. The summed E-state index contributed by atoms with van der Waals surface area (Å²) in [7, 11) is 1.19. The fourth-order valence-electron chi connectivity index (χ4n) is 5.17. The van der Waals surface area contributed by atoms with Crippen LogP contribution in [0.3, 0.4) is 0 Å². The second-order valence-electron chi connectivity index (χ2n) is 10.2. The van der Waals surface area contributed by atoms with E-state index in [4.69, 9.17) is 46.1 Å². The Morgan fingerprint density at radius 3 is 2.74 bits per heavy atom. The maximum atomic E-state index is 13.4. The number of pyridine rings is 1. The monoisotopic (exact) mass is 675 g/mol. The van der Waals surface area contributed by atoms with Crippen LogP contribution in [0.25, 0.3) is 11.2 Å². The molecule has 0 radical (unpaired) electrons. The predicted molar refractivity (Wildman–Crippen MR) is 159 cm³/mol. The Bertz CT molecular complexity index is 1600. The number of primary amides is 1. The Hall–Kier alpha value is -2.08. The molecular weight excluding hydrogens is 644 g/mol. The largest absolute Gasteiger partial charge is 0.387 e. The van der Waals surface area contributed by atoms with Gasteiger partial charge in [0, 0.05) is 19.3 Å². The first-order valence-electron chi connectivity index (χ1n) is 13.0. The van der Waals surface area contributed by atoms with E-state index in [9.17, 15) is 19.4 Å². The van der Waals surface area contributed by atoms with Crippen LogP contribution in [0.5, 0.6) is 0 Å². The van der Waals surface area contributed by atoms with E-state index in [1.54, 1.807) is 6.33 Å². The van der Waals surface area contributed by atoms with Gasteiger partial charge in [-0.25, -0.2) is 19.5 Å². The standard InChI is InChI=1S/C23H31N7O9P2S2/c1-11-13(6-15(11)30-10-29-17-21(24)27-9-28-23(17)30)7-36-41(34,43)39-20-18(31)16(8-37-40(33,42)35-2)38-19(20)12-3-4-26-14(5-12)22(25)32/h3-5,9-11,13,15-16,18-20,31H,6-8H2,1-2H3,(H2,25,32)(H,33,42)(H,34,43)(H2,24,27,28)/t11-,13-,15-,16-,18-,19+,20-,40?,41?/m1/s1. The lowest BCUT2D eigenvalue weighted by molar-refractivity contribution is -0.0198. The number of nitrogens with zero attached hydrogens (tertiary/aromatic N) is 5. The van der Waals surface area contributed by atoms with Crippen molar-refractivity contribution in [2.45, 2.75) is 43.8 Å². The summed E-state index contributed by atoms with van der Waals surface area (Å²) in [6.45, 7) is -5.93. The SMILES string of the molecule is COP(O)(=S)OC[C@H]1O[C@@H](c2ccnc(C(N)=O)c2)[C@H](OP(=O)(S)OC[C@H]2C[C@@H](n3cnc4c(N)ncnc43)[C@@H]2C)[C@@H]1O. The topological polar surface area (TPSA) is 229 Å². The average Bonchev–Trinajstić information content (AvgIpc) is 3.52. The van der Waals surface area contributed by atoms with Crippen LogP contribution in [-0.4, -0.2) is 79.0 Å². The van der Waals surface area contributed by atoms with Crippen molar-refractivity contribution in [1.29, 1.82) is 0 Å². The molecule has 1 aliphatic carbocycles. The highest BCUT2D eigenvalue weighted by Crippen LogP contribution is 2.59. The normalized spacial score (nSPS) is 30.0. The molecular formula is C23H31N7O9P2S2. The number of amides is 1. The Morgan fingerprint density at radius 2 is 2.05 bits per heavy atom. The maximum absolute atomic E-state index is 13.4. The Morgan fingerprint density at radius 1 is 1.28 bits per heavy atom. The smallest absolute Gasteiger partial charge is 0.386 e. The minimum absolute atomic E-state index is 0.00784. The number of nitrogen functional groups attached to an aromatic ring is 1. The number of ether oxygens (including phenoxy) is 1. The van der Waals surface area contributed by atoms with E-state index in [-0.39, 0.29) is 36.8 Å². The third-order valence-corrected chi connectivity index (χ3v) is 11.0. The fraction of sp³-hybridized carbons (Fsp3) is 0.522. The zero-order valence-corrected chi connectivity index (χ0v) is 26.4. The van der Waals surface area contributed by atoms with Gasteiger partial charge < -0.3 is 44.3 Å². The van der Waals surface area contributed by atoms with Crippen molar-refractivity contribution in [3.63, 3.8) is 0 Å². The van der Waals surface area contributed by atoms with Crippen LogP contribution in [0.1, 0.15) is 41.5 Å². The zero-order chi connectivity index (χ0) is 31.1. The number of aliphatic hydroxyl groups excluding tert-OH is 1. The molecule has 6 N–H and O–H groups in total. The van der Waals surface area contributed by atoms with Crippen molar-refractivity contribution in [2.75, 3.05) is 26.1 Å². The van der Waals surface area contributed by atoms with Gasteiger partial charge in [0.2, 0.25) is 0 Å². The number of nitrogens with two attached hydrogens (primary N) is 2. The van der Waals surface area contributed by atoms with Crippen molar-refractivity contribution >= 4 is 60.5 Å². The summed E-state index contributed by atoms with van der Waals surface area (Å²) in [6, 6.07) is 2.95. The van der Waals surface area contributed by atoms with Gasteiger partial charge in [-0.15, -0.1) is 0 Å². The molecule has 3 aromatic heterocycles. The number of carbonyl (C=O) groups is 1. The number of carbonyl (C=O) groups excluding carboxylic acids is 1. The van der Waals surface area contributed by atoms with Crippen LogP contribution in [0.4, 0.5) is 5.82 Å². The molecule has 1 amide bonds. The molecule has 1 saturated heterocycles. The van der Waals surface area contributed by atoms with Gasteiger partial charge in [-0.05, 0) is 47.8 Å². The van der Waals surface area contributed by atoms with Gasteiger partial charge in [-0.2, -0.15) is 0 Å². The first-order valence-corrected chi connectivity index (χ1v) is 18.3. The van der Waals surface area contributed by atoms with Gasteiger partial charge in [0.25, 0.3) is 5.91 Å². The highest BCUT2D eigenvalue weighted by molar-refractivity contribution is 8.44. The van der Waals surface area contributed by atoms with Gasteiger partial charge in [0.15, 0.2) is 11.5 Å². The lowest BCUT2D eigenvalue weighted by Gasteiger charge is -2.43. The van der Waals surface area contributed by atoms with Crippen molar-refractivity contribution in [3.05, 3.63) is 42.2 Å². The van der Waals surface area contributed by atoms with Crippen LogP contribution < -0.4 is 11.5 Å². The van der Waals surface area contributed by atoms with Crippen molar-refractivity contribution < 1.29 is 42.2 Å². The molecule has 3 aromatic rings. The predicted octanol–water partition coefficient (Wildman–Crippen LogP) is 1.92. The second-order valence-corrected chi connectivity index (χ2v) is 16.0. The van der Waals surface area contributed by atoms with Gasteiger partial charge >= 0.3 is 13.5 Å². The molecule has 9 atom stereocenters. The van der Waals surface area contributed by atoms with E-state index in [0.717, 1.165) is 0 Å². The van der Waals surface area contributed by atoms with E-state index in [1.165, 1.54) is 31.8 Å². The van der Waals surface area contributed by atoms with E-state index in [2.05, 4.69) is 32.2 Å². The van der Waals surface area contributed by atoms with Crippen molar-refractivity contribution in [3.8, 4) is 0 Å². The number of hydrogen-bond acceptors (Lipinski definition) is 14. The highest BCUT2D eigenvalue weighted by atomic mass is 32.7. The number of rotatable bonds is 12. The molecule has 2 aliphatic rings. The number of thiol groups is 1. The second kappa shape index (κ2) is 12.7. The van der Waals surface area contributed by atoms with Crippen LogP contribution >= 0.6 is 25.8 Å². The summed E-state index contributed by atoms with van der Waals surface area (Å²) in [5.74, 6) is -0.378. The van der Waals surface area contributed by atoms with E-state index in [1.807, 2.05) is 11.5 Å². The molecule has 234 valence electrons. The lowest BCUT2D eigenvalue weighted by atomic mass is 9.70. The Balaban J connectivity index is 1.27. The summed E-state index contributed by atoms with van der Waals surface area (Å²) >= 11 is 9.02. The molecule has 0 bridgehead atoms. The molecule has 20 heteroatoms. The average molecular weight is 676 g/mol. The Kier molecular flexibility index (Phi) is 9.57. The zero-order valence-electron chi connectivity index (χ0n) is 22.9. The molecule has 2 unspecified atom stereocenters. The van der Waals surface area contributed by atoms with Crippen LogP contribution in [-0.2, 0) is 39.2 Å². The molecule has 43 heavy (non-hydrogen) atoms. The minimum Gasteiger partial charge on any atom is -0.387 e. The molecule has 1 saturated carbocycles.